The third kappa shape index (κ3) is 2.08. The van der Waals surface area contributed by atoms with Gasteiger partial charge in [-0.25, -0.2) is 0 Å². The number of Topliss-reactive ketones (excluding diaryl/α,β-unsaturated/α-hetero) is 1. The van der Waals surface area contributed by atoms with Gasteiger partial charge in [0.2, 0.25) is 0 Å². The van der Waals surface area contributed by atoms with Crippen LogP contribution in [0.5, 0.6) is 0 Å². The van der Waals surface area contributed by atoms with E-state index in [9.17, 15) is 9.90 Å². The first-order valence-corrected chi connectivity index (χ1v) is 6.19. The molecule has 3 heteroatoms. The molecule has 0 aromatic heterocycles. The van der Waals surface area contributed by atoms with Gasteiger partial charge in [-0.15, -0.1) is 0 Å². The van der Waals surface area contributed by atoms with E-state index in [1.807, 2.05) is 18.2 Å². The average molecular weight is 222 g/mol. The van der Waals surface area contributed by atoms with E-state index in [4.69, 9.17) is 0 Å². The molecule has 0 bridgehead atoms. The van der Waals surface area contributed by atoms with Gasteiger partial charge in [0, 0.05) is 11.3 Å². The van der Waals surface area contributed by atoms with Crippen molar-refractivity contribution < 1.29 is 9.90 Å². The Morgan fingerprint density at radius 2 is 2.33 bits per heavy atom. The summed E-state index contributed by atoms with van der Waals surface area (Å²) in [5.41, 5.74) is 0.828. The Bertz CT molecular complexity index is 381. The Hall–Kier alpha value is -0.800. The molecular weight excluding hydrogens is 208 g/mol. The van der Waals surface area contributed by atoms with Crippen LogP contribution in [0.3, 0.4) is 0 Å². The fraction of sp³-hybridized carbons (Fsp3) is 0.417. The van der Waals surface area contributed by atoms with Gasteiger partial charge in [0.1, 0.15) is 0 Å². The summed E-state index contributed by atoms with van der Waals surface area (Å²) in [4.78, 5) is 11.2. The van der Waals surface area contributed by atoms with Gasteiger partial charge >= 0.3 is 0 Å². The highest BCUT2D eigenvalue weighted by Crippen LogP contribution is 2.36. The monoisotopic (exact) mass is 222 g/mol. The summed E-state index contributed by atoms with van der Waals surface area (Å²) in [6.45, 7) is 1.55. The molecule has 0 spiro atoms. The van der Waals surface area contributed by atoms with Crippen LogP contribution in [-0.2, 0) is 5.60 Å². The number of carbonyl (C=O) groups is 1. The van der Waals surface area contributed by atoms with Crippen molar-refractivity contribution in [3.63, 3.8) is 0 Å². The maximum Gasteiger partial charge on any atom is 0.159 e. The smallest absolute Gasteiger partial charge is 0.159 e. The number of ketones is 1. The zero-order valence-corrected chi connectivity index (χ0v) is 9.51. The lowest BCUT2D eigenvalue weighted by molar-refractivity contribution is 0.0657. The molecule has 80 valence electrons. The van der Waals surface area contributed by atoms with Crippen LogP contribution in [-0.4, -0.2) is 22.4 Å². The highest BCUT2D eigenvalue weighted by molar-refractivity contribution is 7.99. The van der Waals surface area contributed by atoms with Crippen LogP contribution in [0.2, 0.25) is 0 Å². The molecule has 1 fully saturated rings. The Morgan fingerprint density at radius 1 is 1.53 bits per heavy atom. The molecule has 1 heterocycles. The maximum atomic E-state index is 11.2. The molecule has 1 aliphatic rings. The van der Waals surface area contributed by atoms with Gasteiger partial charge in [-0.05, 0) is 30.7 Å². The Morgan fingerprint density at radius 3 is 2.93 bits per heavy atom. The highest BCUT2D eigenvalue weighted by atomic mass is 32.2. The van der Waals surface area contributed by atoms with Crippen molar-refractivity contribution >= 4 is 17.5 Å². The summed E-state index contributed by atoms with van der Waals surface area (Å²) in [5.74, 6) is 1.76. The topological polar surface area (TPSA) is 37.3 Å². The molecule has 0 saturated carbocycles. The van der Waals surface area contributed by atoms with Crippen LogP contribution in [0, 0.1) is 0 Å². The number of hydrogen-bond donors (Lipinski definition) is 1. The van der Waals surface area contributed by atoms with Crippen LogP contribution in [0.15, 0.2) is 24.3 Å². The SMILES string of the molecule is CC(=O)c1cccc(C2(O)CCSC2)c1. The number of hydrogen-bond acceptors (Lipinski definition) is 3. The van der Waals surface area contributed by atoms with Crippen LogP contribution in [0.1, 0.15) is 29.3 Å². The fourth-order valence-electron chi connectivity index (χ4n) is 1.81. The molecule has 1 aromatic carbocycles. The zero-order valence-electron chi connectivity index (χ0n) is 8.69. The van der Waals surface area contributed by atoms with Gasteiger partial charge in [-0.1, -0.05) is 18.2 Å². The molecule has 1 aliphatic heterocycles. The summed E-state index contributed by atoms with van der Waals surface area (Å²) in [5, 5.41) is 10.3. The molecule has 2 rings (SSSR count). The third-order valence-corrected chi connectivity index (χ3v) is 3.98. The van der Waals surface area contributed by atoms with Crippen molar-refractivity contribution in [2.45, 2.75) is 18.9 Å². The van der Waals surface area contributed by atoms with Crippen molar-refractivity contribution in [2.24, 2.45) is 0 Å². The van der Waals surface area contributed by atoms with Crippen molar-refractivity contribution in [2.75, 3.05) is 11.5 Å². The lowest BCUT2D eigenvalue weighted by atomic mass is 9.91. The second kappa shape index (κ2) is 3.99. The Balaban J connectivity index is 2.36. The predicted octanol–water partition coefficient (Wildman–Crippen LogP) is 2.21. The molecule has 2 nitrogen and oxygen atoms in total. The van der Waals surface area contributed by atoms with E-state index in [1.54, 1.807) is 24.8 Å². The van der Waals surface area contributed by atoms with Crippen LogP contribution in [0.4, 0.5) is 0 Å². The molecule has 1 aromatic rings. The Labute approximate surface area is 93.7 Å². The minimum atomic E-state index is -0.726. The van der Waals surface area contributed by atoms with E-state index in [-0.39, 0.29) is 5.78 Å². The van der Waals surface area contributed by atoms with Crippen molar-refractivity contribution in [3.8, 4) is 0 Å². The average Bonchev–Trinajstić information content (AvgIpc) is 2.67. The van der Waals surface area contributed by atoms with E-state index >= 15 is 0 Å². The quantitative estimate of drug-likeness (QED) is 0.780. The molecule has 1 saturated heterocycles. The number of aliphatic hydroxyl groups is 1. The highest BCUT2D eigenvalue weighted by Gasteiger charge is 2.33. The van der Waals surface area contributed by atoms with E-state index in [0.29, 0.717) is 5.56 Å². The number of benzene rings is 1. The van der Waals surface area contributed by atoms with E-state index in [0.717, 1.165) is 23.5 Å². The van der Waals surface area contributed by atoms with Gasteiger partial charge in [0.15, 0.2) is 5.78 Å². The zero-order chi connectivity index (χ0) is 10.9. The first-order chi connectivity index (χ1) is 7.12. The Kier molecular flexibility index (Phi) is 2.85. The van der Waals surface area contributed by atoms with Crippen LogP contribution in [0.25, 0.3) is 0 Å². The largest absolute Gasteiger partial charge is 0.384 e. The van der Waals surface area contributed by atoms with E-state index < -0.39 is 5.60 Å². The molecule has 1 N–H and O–H groups in total. The molecule has 0 amide bonds. The molecular formula is C12H14O2S. The first-order valence-electron chi connectivity index (χ1n) is 5.03. The molecule has 0 radical (unpaired) electrons. The third-order valence-electron chi connectivity index (χ3n) is 2.81. The molecule has 1 atom stereocenters. The summed E-state index contributed by atoms with van der Waals surface area (Å²) >= 11 is 1.76. The second-order valence-corrected chi connectivity index (χ2v) is 5.08. The number of rotatable bonds is 2. The van der Waals surface area contributed by atoms with Crippen LogP contribution >= 0.6 is 11.8 Å². The number of carbonyl (C=O) groups excluding carboxylic acids is 1. The number of thioether (sulfide) groups is 1. The lowest BCUT2D eigenvalue weighted by Gasteiger charge is -2.22. The maximum absolute atomic E-state index is 11.2. The van der Waals surface area contributed by atoms with Gasteiger partial charge in [0.05, 0.1) is 5.60 Å². The van der Waals surface area contributed by atoms with Gasteiger partial charge in [-0.2, -0.15) is 11.8 Å². The van der Waals surface area contributed by atoms with Gasteiger partial charge in [0.25, 0.3) is 0 Å². The minimum Gasteiger partial charge on any atom is -0.384 e. The molecule has 15 heavy (non-hydrogen) atoms. The first kappa shape index (κ1) is 10.7. The minimum absolute atomic E-state index is 0.0473. The summed E-state index contributed by atoms with van der Waals surface area (Å²) in [6.07, 6.45) is 0.777. The van der Waals surface area contributed by atoms with Crippen molar-refractivity contribution in [3.05, 3.63) is 35.4 Å². The fourth-order valence-corrected chi connectivity index (χ4v) is 3.08. The summed E-state index contributed by atoms with van der Waals surface area (Å²) < 4.78 is 0. The normalized spacial score (nSPS) is 25.5. The van der Waals surface area contributed by atoms with Gasteiger partial charge < -0.3 is 5.11 Å². The van der Waals surface area contributed by atoms with E-state index in [2.05, 4.69) is 0 Å². The molecule has 1 unspecified atom stereocenters. The van der Waals surface area contributed by atoms with Crippen molar-refractivity contribution in [1.29, 1.82) is 0 Å². The summed E-state index contributed by atoms with van der Waals surface area (Å²) in [7, 11) is 0. The van der Waals surface area contributed by atoms with Crippen LogP contribution < -0.4 is 0 Å². The lowest BCUT2D eigenvalue weighted by Crippen LogP contribution is -2.24. The standard InChI is InChI=1S/C12H14O2S/c1-9(13)10-3-2-4-11(7-10)12(14)5-6-15-8-12/h2-4,7,14H,5-6,8H2,1H3. The van der Waals surface area contributed by atoms with Gasteiger partial charge in [-0.3, -0.25) is 4.79 Å². The second-order valence-electron chi connectivity index (χ2n) is 3.97. The summed E-state index contributed by atoms with van der Waals surface area (Å²) in [6, 6.07) is 7.34. The predicted molar refractivity (Wildman–Crippen MR) is 62.3 cm³/mol. The van der Waals surface area contributed by atoms with Crippen molar-refractivity contribution in [1.82, 2.24) is 0 Å². The van der Waals surface area contributed by atoms with E-state index in [1.165, 1.54) is 0 Å². The molecule has 0 aliphatic carbocycles.